The van der Waals surface area contributed by atoms with Crippen molar-refractivity contribution in [2.24, 2.45) is 0 Å². The largest absolute Gasteiger partial charge is 0.444 e. The molecule has 4 heteroatoms. The van der Waals surface area contributed by atoms with Crippen LogP contribution in [0, 0.1) is 0 Å². The van der Waals surface area contributed by atoms with Crippen molar-refractivity contribution in [2.75, 3.05) is 19.6 Å². The van der Waals surface area contributed by atoms with Gasteiger partial charge in [0.1, 0.15) is 5.60 Å². The Bertz CT molecular complexity index is 555. The number of carbonyl (C=O) groups is 1. The van der Waals surface area contributed by atoms with E-state index in [0.29, 0.717) is 6.54 Å². The maximum Gasteiger partial charge on any atom is 0.410 e. The van der Waals surface area contributed by atoms with E-state index < -0.39 is 5.60 Å². The predicted molar refractivity (Wildman–Crippen MR) is 92.6 cm³/mol. The standard InChI is InChI=1S/C19H26N2O2/c1-19(2,3)23-18(22)21-14-13-20-15-17(21)16-11-9-7-5-4-6-8-10-12-16/h4-12,17,20H,13-15H2,1-3H3/t17-/m0/s1. The Balaban J connectivity index is 2.29. The monoisotopic (exact) mass is 314 g/mol. The summed E-state index contributed by atoms with van der Waals surface area (Å²) in [5, 5.41) is 3.36. The van der Waals surface area contributed by atoms with Crippen LogP contribution in [0.25, 0.3) is 0 Å². The topological polar surface area (TPSA) is 41.6 Å². The van der Waals surface area contributed by atoms with E-state index in [4.69, 9.17) is 4.74 Å². The van der Waals surface area contributed by atoms with Crippen LogP contribution in [0.5, 0.6) is 0 Å². The van der Waals surface area contributed by atoms with Crippen molar-refractivity contribution in [1.82, 2.24) is 10.2 Å². The minimum atomic E-state index is -0.486. The Morgan fingerprint density at radius 2 is 1.65 bits per heavy atom. The molecule has 1 aliphatic rings. The molecule has 2 rings (SSSR count). The van der Waals surface area contributed by atoms with Gasteiger partial charge in [-0.1, -0.05) is 54.6 Å². The lowest BCUT2D eigenvalue weighted by molar-refractivity contribution is 0.0118. The van der Waals surface area contributed by atoms with Gasteiger partial charge in [-0.05, 0) is 26.3 Å². The summed E-state index contributed by atoms with van der Waals surface area (Å²) in [5.74, 6) is 0. The van der Waals surface area contributed by atoms with E-state index in [9.17, 15) is 4.79 Å². The van der Waals surface area contributed by atoms with E-state index in [1.54, 1.807) is 0 Å². The first-order valence-electron chi connectivity index (χ1n) is 8.06. The molecule has 1 aromatic carbocycles. The molecule has 1 atom stereocenters. The molecule has 1 N–H and O–H groups in total. The number of nitrogens with one attached hydrogen (secondary N) is 1. The summed E-state index contributed by atoms with van der Waals surface area (Å²) >= 11 is 0. The summed E-state index contributed by atoms with van der Waals surface area (Å²) in [6.45, 7) is 7.83. The number of carbonyl (C=O) groups excluding carboxylic acids is 1. The highest BCUT2D eigenvalue weighted by atomic mass is 16.6. The van der Waals surface area contributed by atoms with Crippen LogP contribution in [0.2, 0.25) is 0 Å². The van der Waals surface area contributed by atoms with E-state index in [1.807, 2.05) is 68.1 Å². The molecule has 0 unspecified atom stereocenters. The molecule has 1 heterocycles. The van der Waals surface area contributed by atoms with Crippen LogP contribution in [0.3, 0.4) is 0 Å². The third kappa shape index (κ3) is 5.57. The molecule has 0 spiro atoms. The zero-order valence-corrected chi connectivity index (χ0v) is 14.2. The molecular weight excluding hydrogens is 288 g/mol. The predicted octanol–water partition coefficient (Wildman–Crippen LogP) is 3.69. The molecule has 1 aliphatic heterocycles. The van der Waals surface area contributed by atoms with Crippen molar-refractivity contribution in [3.8, 4) is 0 Å². The third-order valence-corrected chi connectivity index (χ3v) is 3.50. The van der Waals surface area contributed by atoms with Crippen molar-refractivity contribution in [3.05, 3.63) is 60.2 Å². The molecule has 1 saturated heterocycles. The van der Waals surface area contributed by atoms with E-state index >= 15 is 0 Å². The Kier molecular flexibility index (Phi) is 5.99. The van der Waals surface area contributed by atoms with Gasteiger partial charge in [-0.3, -0.25) is 4.90 Å². The van der Waals surface area contributed by atoms with E-state index in [2.05, 4.69) is 17.4 Å². The molecule has 124 valence electrons. The second-order valence-corrected chi connectivity index (χ2v) is 6.57. The molecule has 23 heavy (non-hydrogen) atoms. The molecular formula is C19H26N2O2. The van der Waals surface area contributed by atoms with Crippen LogP contribution in [-0.2, 0) is 4.74 Å². The summed E-state index contributed by atoms with van der Waals surface area (Å²) in [7, 11) is 0. The number of hydrogen-bond donors (Lipinski definition) is 1. The minimum Gasteiger partial charge on any atom is -0.444 e. The molecule has 1 fully saturated rings. The SMILES string of the molecule is CC(C)(C)OC(=O)N1CCNC[C@H]1c1ccccccccc1. The first kappa shape index (κ1) is 17.3. The number of piperazine rings is 1. The van der Waals surface area contributed by atoms with Crippen LogP contribution >= 0.6 is 0 Å². The van der Waals surface area contributed by atoms with Gasteiger partial charge < -0.3 is 10.1 Å². The first-order chi connectivity index (χ1) is 11.0. The lowest BCUT2D eigenvalue weighted by Gasteiger charge is -2.37. The maximum absolute atomic E-state index is 12.5. The normalized spacial score (nSPS) is 18.0. The zero-order chi connectivity index (χ0) is 16.7. The molecule has 4 nitrogen and oxygen atoms in total. The minimum absolute atomic E-state index is 0.0312. The van der Waals surface area contributed by atoms with Crippen molar-refractivity contribution in [2.45, 2.75) is 32.4 Å². The quantitative estimate of drug-likeness (QED) is 0.859. The molecule has 0 radical (unpaired) electrons. The highest BCUT2D eigenvalue weighted by Crippen LogP contribution is 2.23. The van der Waals surface area contributed by atoms with E-state index in [-0.39, 0.29) is 12.1 Å². The van der Waals surface area contributed by atoms with Gasteiger partial charge in [-0.2, -0.15) is 0 Å². The van der Waals surface area contributed by atoms with Crippen molar-refractivity contribution in [1.29, 1.82) is 0 Å². The van der Waals surface area contributed by atoms with Gasteiger partial charge in [0, 0.05) is 19.6 Å². The second-order valence-electron chi connectivity index (χ2n) is 6.57. The summed E-state index contributed by atoms with van der Waals surface area (Å²) in [6.07, 6.45) is -0.255. The Labute approximate surface area is 138 Å². The van der Waals surface area contributed by atoms with Crippen molar-refractivity contribution < 1.29 is 9.53 Å². The van der Waals surface area contributed by atoms with Gasteiger partial charge in [-0.25, -0.2) is 4.79 Å². The van der Waals surface area contributed by atoms with E-state index in [0.717, 1.165) is 18.7 Å². The fourth-order valence-electron chi connectivity index (χ4n) is 2.47. The number of nitrogens with zero attached hydrogens (tertiary/aromatic N) is 1. The summed E-state index contributed by atoms with van der Waals surface area (Å²) in [5.41, 5.74) is 0.597. The van der Waals surface area contributed by atoms with Gasteiger partial charge in [0.2, 0.25) is 0 Å². The van der Waals surface area contributed by atoms with Crippen LogP contribution in [0.15, 0.2) is 54.6 Å². The molecule has 0 saturated carbocycles. The lowest BCUT2D eigenvalue weighted by Crippen LogP contribution is -2.50. The molecule has 0 aliphatic carbocycles. The highest BCUT2D eigenvalue weighted by Gasteiger charge is 2.30. The number of ether oxygens (including phenoxy) is 1. The van der Waals surface area contributed by atoms with Crippen LogP contribution in [0.4, 0.5) is 4.79 Å². The van der Waals surface area contributed by atoms with Crippen molar-refractivity contribution >= 4 is 6.09 Å². The molecule has 1 aromatic rings. The fraction of sp³-hybridized carbons (Fsp3) is 0.421. The van der Waals surface area contributed by atoms with Gasteiger partial charge >= 0.3 is 6.09 Å². The number of amides is 1. The average molecular weight is 314 g/mol. The van der Waals surface area contributed by atoms with Crippen molar-refractivity contribution in [3.63, 3.8) is 0 Å². The van der Waals surface area contributed by atoms with Crippen LogP contribution < -0.4 is 5.32 Å². The fourth-order valence-corrected chi connectivity index (χ4v) is 2.47. The number of rotatable bonds is 1. The van der Waals surface area contributed by atoms with Gasteiger partial charge in [-0.15, -0.1) is 0 Å². The Morgan fingerprint density at radius 3 is 2.22 bits per heavy atom. The third-order valence-electron chi connectivity index (χ3n) is 3.50. The molecule has 1 amide bonds. The Hall–Kier alpha value is -2.07. The Morgan fingerprint density at radius 1 is 1.09 bits per heavy atom. The first-order valence-corrected chi connectivity index (χ1v) is 8.06. The summed E-state index contributed by atoms with van der Waals surface area (Å²) in [4.78, 5) is 14.3. The lowest BCUT2D eigenvalue weighted by atomic mass is 10.1. The highest BCUT2D eigenvalue weighted by molar-refractivity contribution is 5.69. The zero-order valence-electron chi connectivity index (χ0n) is 14.2. The van der Waals surface area contributed by atoms with Gasteiger partial charge in [0.25, 0.3) is 0 Å². The molecule has 0 bridgehead atoms. The van der Waals surface area contributed by atoms with Gasteiger partial charge in [0.15, 0.2) is 0 Å². The van der Waals surface area contributed by atoms with Crippen LogP contribution in [-0.4, -0.2) is 36.2 Å². The maximum atomic E-state index is 12.5. The van der Waals surface area contributed by atoms with Crippen LogP contribution in [0.1, 0.15) is 32.4 Å². The average Bonchev–Trinajstić information content (AvgIpc) is 2.51. The summed E-state index contributed by atoms with van der Waals surface area (Å²) < 4.78 is 5.56. The summed E-state index contributed by atoms with van der Waals surface area (Å²) in [6, 6.07) is 18.0. The number of hydrogen-bond acceptors (Lipinski definition) is 3. The van der Waals surface area contributed by atoms with E-state index in [1.165, 1.54) is 0 Å². The van der Waals surface area contributed by atoms with Gasteiger partial charge in [0.05, 0.1) is 6.04 Å². The second kappa shape index (κ2) is 7.97. The smallest absolute Gasteiger partial charge is 0.410 e. The molecule has 0 aromatic heterocycles.